The minimum absolute atomic E-state index is 0.0270. The minimum atomic E-state index is -0.670. The predicted molar refractivity (Wildman–Crippen MR) is 128 cm³/mol. The van der Waals surface area contributed by atoms with Crippen molar-refractivity contribution >= 4 is 11.9 Å². The van der Waals surface area contributed by atoms with Crippen LogP contribution in [0.25, 0.3) is 11.3 Å². The highest BCUT2D eigenvalue weighted by molar-refractivity contribution is 5.69. The van der Waals surface area contributed by atoms with Gasteiger partial charge in [0.1, 0.15) is 35.1 Å². The molecule has 4 heterocycles. The predicted octanol–water partition coefficient (Wildman–Crippen LogP) is 4.71. The number of hydrogen-bond acceptors (Lipinski definition) is 8. The van der Waals surface area contributed by atoms with E-state index in [2.05, 4.69) is 32.8 Å². The highest BCUT2D eigenvalue weighted by Gasteiger charge is 2.35. The fourth-order valence-corrected chi connectivity index (χ4v) is 5.05. The Morgan fingerprint density at radius 2 is 1.97 bits per heavy atom. The molecule has 1 amide bonds. The van der Waals surface area contributed by atoms with Gasteiger partial charge in [0, 0.05) is 35.8 Å². The Balaban J connectivity index is 1.12. The van der Waals surface area contributed by atoms with Crippen molar-refractivity contribution in [1.82, 2.24) is 20.9 Å². The second kappa shape index (κ2) is 9.71. The van der Waals surface area contributed by atoms with Crippen molar-refractivity contribution in [2.24, 2.45) is 0 Å². The smallest absolute Gasteiger partial charge is 0.373 e. The number of piperidine rings is 1. The molecule has 2 aromatic heterocycles. The summed E-state index contributed by atoms with van der Waals surface area (Å²) in [6, 6.07) is 7.77. The van der Waals surface area contributed by atoms with E-state index < -0.39 is 23.9 Å². The number of anilines is 1. The number of benzene rings is 1. The lowest BCUT2D eigenvalue weighted by atomic mass is 10.00. The molecule has 2 aliphatic heterocycles. The number of pyridine rings is 1. The van der Waals surface area contributed by atoms with Gasteiger partial charge in [0.2, 0.25) is 0 Å². The number of amides is 1. The molecule has 9 nitrogen and oxygen atoms in total. The summed E-state index contributed by atoms with van der Waals surface area (Å²) in [4.78, 5) is 22.8. The molecule has 3 atom stereocenters. The van der Waals surface area contributed by atoms with Crippen LogP contribution in [0.5, 0.6) is 0 Å². The standard InChI is InChI=1S/C26H27F2N5O4/c1-14-11-17(9-10-33(14)21-8-7-16(12-29-21)25-30-26(34)37-32-25)35-13-18-23(31-36-24(18)15-5-6-15)22-19(27)3-2-4-20(22)28/h2-4,7-8,12,14-15,17,25,32H,5-6,9-11,13H2,1H3,(H,30,34)/t14-,17-,25?/m1/s1. The average molecular weight is 512 g/mol. The van der Waals surface area contributed by atoms with Crippen LogP contribution in [0.2, 0.25) is 0 Å². The van der Waals surface area contributed by atoms with Gasteiger partial charge in [0.05, 0.1) is 18.3 Å². The van der Waals surface area contributed by atoms with Gasteiger partial charge in [-0.15, -0.1) is 5.48 Å². The molecule has 0 radical (unpaired) electrons. The van der Waals surface area contributed by atoms with E-state index in [1.807, 2.05) is 12.1 Å². The third-order valence-electron chi connectivity index (χ3n) is 7.19. The second-order valence-corrected chi connectivity index (χ2v) is 9.78. The van der Waals surface area contributed by atoms with E-state index in [1.54, 1.807) is 6.20 Å². The molecular weight excluding hydrogens is 484 g/mol. The summed E-state index contributed by atoms with van der Waals surface area (Å²) < 4.78 is 40.9. The molecule has 2 N–H and O–H groups in total. The van der Waals surface area contributed by atoms with Crippen LogP contribution in [-0.2, 0) is 16.2 Å². The highest BCUT2D eigenvalue weighted by Crippen LogP contribution is 2.45. The van der Waals surface area contributed by atoms with Crippen LogP contribution in [0.15, 0.2) is 41.1 Å². The van der Waals surface area contributed by atoms with Crippen molar-refractivity contribution in [2.75, 3.05) is 11.4 Å². The molecule has 0 spiro atoms. The van der Waals surface area contributed by atoms with E-state index in [0.717, 1.165) is 43.6 Å². The molecule has 37 heavy (non-hydrogen) atoms. The van der Waals surface area contributed by atoms with Gasteiger partial charge < -0.3 is 19.0 Å². The van der Waals surface area contributed by atoms with Crippen LogP contribution >= 0.6 is 0 Å². The van der Waals surface area contributed by atoms with Crippen LogP contribution in [0.3, 0.4) is 0 Å². The first-order valence-corrected chi connectivity index (χ1v) is 12.5. The van der Waals surface area contributed by atoms with Crippen LogP contribution in [0, 0.1) is 11.6 Å². The Bertz CT molecular complexity index is 1280. The summed E-state index contributed by atoms with van der Waals surface area (Å²) in [7, 11) is 0. The molecule has 1 unspecified atom stereocenters. The van der Waals surface area contributed by atoms with Crippen molar-refractivity contribution in [3.63, 3.8) is 0 Å². The van der Waals surface area contributed by atoms with E-state index >= 15 is 0 Å². The minimum Gasteiger partial charge on any atom is -0.373 e. The van der Waals surface area contributed by atoms with Crippen molar-refractivity contribution in [2.45, 2.75) is 63.4 Å². The molecule has 1 aromatic carbocycles. The summed E-state index contributed by atoms with van der Waals surface area (Å²) in [5, 5.41) is 6.70. The molecule has 1 saturated carbocycles. The maximum atomic E-state index is 14.5. The Hall–Kier alpha value is -3.57. The number of halogens is 2. The molecule has 0 bridgehead atoms. The zero-order valence-corrected chi connectivity index (χ0v) is 20.2. The van der Waals surface area contributed by atoms with E-state index in [-0.39, 0.29) is 35.9 Å². The summed E-state index contributed by atoms with van der Waals surface area (Å²) in [6.45, 7) is 3.05. The lowest BCUT2D eigenvalue weighted by molar-refractivity contribution is 0.0174. The molecule has 2 saturated heterocycles. The largest absolute Gasteiger partial charge is 0.427 e. The topological polar surface area (TPSA) is 102 Å². The SMILES string of the molecule is C[C@@H]1C[C@H](OCc2c(-c3c(F)cccc3F)noc2C2CC2)CCN1c1ccc(C2NOC(=O)N2)cn1. The van der Waals surface area contributed by atoms with Crippen LogP contribution < -0.4 is 15.7 Å². The normalized spacial score (nSPS) is 23.7. The molecule has 6 rings (SSSR count). The fourth-order valence-electron chi connectivity index (χ4n) is 5.05. The van der Waals surface area contributed by atoms with Crippen molar-refractivity contribution < 1.29 is 27.7 Å². The van der Waals surface area contributed by atoms with Crippen molar-refractivity contribution in [3.05, 3.63) is 65.1 Å². The van der Waals surface area contributed by atoms with E-state index in [9.17, 15) is 13.6 Å². The van der Waals surface area contributed by atoms with Gasteiger partial charge >= 0.3 is 6.09 Å². The third-order valence-corrected chi connectivity index (χ3v) is 7.19. The number of hydrogen-bond donors (Lipinski definition) is 2. The zero-order chi connectivity index (χ0) is 25.5. The Labute approximate surface area is 212 Å². The summed E-state index contributed by atoms with van der Waals surface area (Å²) in [6.07, 6.45) is 4.22. The number of ether oxygens (including phenoxy) is 1. The zero-order valence-electron chi connectivity index (χ0n) is 20.2. The Morgan fingerprint density at radius 3 is 2.62 bits per heavy atom. The maximum Gasteiger partial charge on any atom is 0.427 e. The first-order valence-electron chi connectivity index (χ1n) is 12.5. The van der Waals surface area contributed by atoms with Crippen LogP contribution in [-0.4, -0.2) is 34.9 Å². The van der Waals surface area contributed by atoms with Crippen LogP contribution in [0.4, 0.5) is 19.4 Å². The number of nitrogens with one attached hydrogen (secondary N) is 2. The molecule has 194 valence electrons. The van der Waals surface area contributed by atoms with E-state index in [4.69, 9.17) is 14.1 Å². The van der Waals surface area contributed by atoms with Crippen molar-refractivity contribution in [1.29, 1.82) is 0 Å². The van der Waals surface area contributed by atoms with Gasteiger partial charge in [0.25, 0.3) is 0 Å². The van der Waals surface area contributed by atoms with Gasteiger partial charge in [-0.25, -0.2) is 18.6 Å². The molecule has 3 aromatic rings. The van der Waals surface area contributed by atoms with E-state index in [1.165, 1.54) is 18.2 Å². The van der Waals surface area contributed by atoms with Gasteiger partial charge in [-0.3, -0.25) is 5.32 Å². The number of carbonyl (C=O) groups is 1. The molecule has 1 aliphatic carbocycles. The number of hydroxylamine groups is 1. The fraction of sp³-hybridized carbons (Fsp3) is 0.423. The first-order chi connectivity index (χ1) is 18.0. The highest BCUT2D eigenvalue weighted by atomic mass is 19.1. The third kappa shape index (κ3) is 4.76. The van der Waals surface area contributed by atoms with Gasteiger partial charge in [-0.1, -0.05) is 17.3 Å². The summed E-state index contributed by atoms with van der Waals surface area (Å²) in [5.41, 5.74) is 4.06. The van der Waals surface area contributed by atoms with Gasteiger partial charge in [-0.05, 0) is 50.8 Å². The molecule has 11 heteroatoms. The quantitative estimate of drug-likeness (QED) is 0.470. The summed E-state index contributed by atoms with van der Waals surface area (Å²) >= 11 is 0. The maximum absolute atomic E-state index is 14.5. The monoisotopic (exact) mass is 511 g/mol. The van der Waals surface area contributed by atoms with Crippen LogP contribution in [0.1, 0.15) is 61.6 Å². The molecule has 3 aliphatic rings. The Kier molecular flexibility index (Phi) is 6.25. The summed E-state index contributed by atoms with van der Waals surface area (Å²) in [5.74, 6) is 0.397. The number of carbonyl (C=O) groups excluding carboxylic acids is 1. The lowest BCUT2D eigenvalue weighted by Gasteiger charge is -2.38. The average Bonchev–Trinajstić information content (AvgIpc) is 3.51. The second-order valence-electron chi connectivity index (χ2n) is 9.78. The number of nitrogens with zero attached hydrogens (tertiary/aromatic N) is 3. The Morgan fingerprint density at radius 1 is 1.16 bits per heavy atom. The molecular formula is C26H27F2N5O4. The van der Waals surface area contributed by atoms with Gasteiger partial charge in [0.15, 0.2) is 0 Å². The number of aromatic nitrogens is 2. The van der Waals surface area contributed by atoms with E-state index in [0.29, 0.717) is 11.3 Å². The first kappa shape index (κ1) is 23.8. The lowest BCUT2D eigenvalue weighted by Crippen LogP contribution is -2.44. The molecule has 3 fully saturated rings. The number of rotatable bonds is 7. The van der Waals surface area contributed by atoms with Gasteiger partial charge in [-0.2, -0.15) is 0 Å². The van der Waals surface area contributed by atoms with Crippen molar-refractivity contribution in [3.8, 4) is 11.3 Å².